The van der Waals surface area contributed by atoms with Gasteiger partial charge in [0.15, 0.2) is 0 Å². The highest BCUT2D eigenvalue weighted by molar-refractivity contribution is 5.36. The third-order valence-corrected chi connectivity index (χ3v) is 2.86. The highest BCUT2D eigenvalue weighted by Gasteiger charge is 2.31. The Balaban J connectivity index is 2.24. The van der Waals surface area contributed by atoms with E-state index in [1.807, 2.05) is 25.1 Å². The quantitative estimate of drug-likeness (QED) is 0.797. The van der Waals surface area contributed by atoms with Crippen LogP contribution in [0.15, 0.2) is 18.2 Å². The van der Waals surface area contributed by atoms with Crippen molar-refractivity contribution in [2.45, 2.75) is 25.9 Å². The van der Waals surface area contributed by atoms with Gasteiger partial charge in [-0.15, -0.1) is 0 Å². The van der Waals surface area contributed by atoms with Gasteiger partial charge in [-0.3, -0.25) is 0 Å². The minimum absolute atomic E-state index is 0.277. The van der Waals surface area contributed by atoms with E-state index in [2.05, 4.69) is 0 Å². The summed E-state index contributed by atoms with van der Waals surface area (Å²) >= 11 is 0. The molecule has 0 radical (unpaired) electrons. The maximum Gasteiger partial charge on any atom is 0.119 e. The van der Waals surface area contributed by atoms with E-state index in [1.165, 1.54) is 0 Å². The van der Waals surface area contributed by atoms with E-state index < -0.39 is 0 Å². The van der Waals surface area contributed by atoms with Crippen molar-refractivity contribution in [3.8, 4) is 5.75 Å². The maximum atomic E-state index is 9.96. The molecule has 0 heterocycles. The second kappa shape index (κ2) is 3.62. The van der Waals surface area contributed by atoms with E-state index >= 15 is 0 Å². The molecule has 1 saturated carbocycles. The molecule has 0 aliphatic heterocycles. The first-order valence-corrected chi connectivity index (χ1v) is 5.05. The second-order valence-corrected chi connectivity index (χ2v) is 4.00. The molecule has 0 saturated heterocycles. The summed E-state index contributed by atoms with van der Waals surface area (Å²) in [6.07, 6.45) is 2.04. The molecular formula is C12H16O2. The Labute approximate surface area is 84.5 Å². The van der Waals surface area contributed by atoms with Crippen LogP contribution in [0.4, 0.5) is 0 Å². The van der Waals surface area contributed by atoms with Gasteiger partial charge in [0.2, 0.25) is 0 Å². The maximum absolute atomic E-state index is 9.96. The summed E-state index contributed by atoms with van der Waals surface area (Å²) in [5.74, 6) is 1.34. The Hall–Kier alpha value is -1.02. The van der Waals surface area contributed by atoms with Crippen LogP contribution >= 0.6 is 0 Å². The van der Waals surface area contributed by atoms with Crippen molar-refractivity contribution in [1.82, 2.24) is 0 Å². The lowest BCUT2D eigenvalue weighted by atomic mass is 10.00. The zero-order chi connectivity index (χ0) is 10.1. The van der Waals surface area contributed by atoms with Gasteiger partial charge in [-0.2, -0.15) is 0 Å². The highest BCUT2D eigenvalue weighted by Crippen LogP contribution is 2.42. The number of aliphatic hydroxyl groups excluding tert-OH is 1. The number of benzene rings is 1. The molecule has 2 nitrogen and oxygen atoms in total. The fourth-order valence-electron chi connectivity index (χ4n) is 1.77. The molecule has 0 aromatic heterocycles. The fraction of sp³-hybridized carbons (Fsp3) is 0.500. The average Bonchev–Trinajstić information content (AvgIpc) is 3.00. The average molecular weight is 192 g/mol. The Morgan fingerprint density at radius 1 is 1.43 bits per heavy atom. The number of rotatable bonds is 3. The van der Waals surface area contributed by atoms with Crippen LogP contribution in [-0.2, 0) is 0 Å². The van der Waals surface area contributed by atoms with Crippen LogP contribution in [0.1, 0.15) is 30.1 Å². The Kier molecular flexibility index (Phi) is 2.46. The standard InChI is InChI=1S/C12H16O2/c1-8-7-10(14-2)5-6-11(8)12(13)9-3-4-9/h5-7,9,12-13H,3-4H2,1-2H3/t12-/m1/s1. The smallest absolute Gasteiger partial charge is 0.119 e. The molecule has 1 fully saturated rings. The van der Waals surface area contributed by atoms with Gasteiger partial charge < -0.3 is 9.84 Å². The summed E-state index contributed by atoms with van der Waals surface area (Å²) < 4.78 is 5.12. The predicted octanol–water partition coefficient (Wildman–Crippen LogP) is 2.45. The Morgan fingerprint density at radius 2 is 2.14 bits per heavy atom. The largest absolute Gasteiger partial charge is 0.497 e. The fourth-order valence-corrected chi connectivity index (χ4v) is 1.77. The molecule has 1 aromatic carbocycles. The van der Waals surface area contributed by atoms with Crippen molar-refractivity contribution < 1.29 is 9.84 Å². The topological polar surface area (TPSA) is 29.5 Å². The summed E-state index contributed by atoms with van der Waals surface area (Å²) in [6, 6.07) is 5.85. The zero-order valence-corrected chi connectivity index (χ0v) is 8.66. The van der Waals surface area contributed by atoms with Gasteiger partial charge >= 0.3 is 0 Å². The first-order valence-electron chi connectivity index (χ1n) is 5.05. The number of methoxy groups -OCH3 is 1. The highest BCUT2D eigenvalue weighted by atomic mass is 16.5. The lowest BCUT2D eigenvalue weighted by Gasteiger charge is -2.13. The van der Waals surface area contributed by atoms with Crippen LogP contribution in [0.3, 0.4) is 0 Å². The van der Waals surface area contributed by atoms with Crippen LogP contribution in [-0.4, -0.2) is 12.2 Å². The molecule has 0 spiro atoms. The van der Waals surface area contributed by atoms with Crippen LogP contribution in [0, 0.1) is 12.8 Å². The van der Waals surface area contributed by atoms with Crippen LogP contribution in [0.2, 0.25) is 0 Å². The number of aryl methyl sites for hydroxylation is 1. The van der Waals surface area contributed by atoms with Crippen molar-refractivity contribution in [3.05, 3.63) is 29.3 Å². The zero-order valence-electron chi connectivity index (χ0n) is 8.66. The molecule has 76 valence electrons. The van der Waals surface area contributed by atoms with Crippen molar-refractivity contribution in [1.29, 1.82) is 0 Å². The summed E-state index contributed by atoms with van der Waals surface area (Å²) in [4.78, 5) is 0. The van der Waals surface area contributed by atoms with E-state index in [1.54, 1.807) is 7.11 Å². The normalized spacial score (nSPS) is 17.9. The minimum Gasteiger partial charge on any atom is -0.497 e. The van der Waals surface area contributed by atoms with E-state index in [9.17, 15) is 5.11 Å². The third-order valence-electron chi connectivity index (χ3n) is 2.86. The Morgan fingerprint density at radius 3 is 2.64 bits per heavy atom. The monoisotopic (exact) mass is 192 g/mol. The molecular weight excluding hydrogens is 176 g/mol. The first-order chi connectivity index (χ1) is 6.72. The number of hydrogen-bond acceptors (Lipinski definition) is 2. The van der Waals surface area contributed by atoms with E-state index in [4.69, 9.17) is 4.74 Å². The minimum atomic E-state index is -0.277. The van der Waals surface area contributed by atoms with Gasteiger partial charge in [0.05, 0.1) is 13.2 Å². The predicted molar refractivity (Wildman–Crippen MR) is 55.4 cm³/mol. The Bertz CT molecular complexity index is 329. The van der Waals surface area contributed by atoms with Crippen molar-refractivity contribution in [3.63, 3.8) is 0 Å². The van der Waals surface area contributed by atoms with Gasteiger partial charge in [-0.05, 0) is 48.9 Å². The lowest BCUT2D eigenvalue weighted by molar-refractivity contribution is 0.153. The second-order valence-electron chi connectivity index (χ2n) is 4.00. The van der Waals surface area contributed by atoms with Crippen molar-refractivity contribution >= 4 is 0 Å². The van der Waals surface area contributed by atoms with E-state index in [-0.39, 0.29) is 6.10 Å². The van der Waals surface area contributed by atoms with Gasteiger partial charge in [-0.25, -0.2) is 0 Å². The molecule has 2 heteroatoms. The molecule has 14 heavy (non-hydrogen) atoms. The summed E-state index contributed by atoms with van der Waals surface area (Å²) in [6.45, 7) is 2.02. The summed E-state index contributed by atoms with van der Waals surface area (Å²) in [5, 5.41) is 9.96. The number of aliphatic hydroxyl groups is 1. The van der Waals surface area contributed by atoms with E-state index in [0.717, 1.165) is 29.7 Å². The molecule has 0 amide bonds. The molecule has 0 unspecified atom stereocenters. The van der Waals surface area contributed by atoms with Crippen molar-refractivity contribution in [2.75, 3.05) is 7.11 Å². The molecule has 1 aliphatic rings. The van der Waals surface area contributed by atoms with Gasteiger partial charge in [0.1, 0.15) is 5.75 Å². The number of hydrogen-bond donors (Lipinski definition) is 1. The SMILES string of the molecule is COc1ccc([C@H](O)C2CC2)c(C)c1. The third kappa shape index (κ3) is 1.75. The molecule has 1 aliphatic carbocycles. The lowest BCUT2D eigenvalue weighted by Crippen LogP contribution is -2.02. The summed E-state index contributed by atoms with van der Waals surface area (Å²) in [5.41, 5.74) is 2.16. The van der Waals surface area contributed by atoms with Crippen LogP contribution < -0.4 is 4.74 Å². The first kappa shape index (κ1) is 9.53. The molecule has 1 atom stereocenters. The van der Waals surface area contributed by atoms with E-state index in [0.29, 0.717) is 5.92 Å². The van der Waals surface area contributed by atoms with Gasteiger partial charge in [0, 0.05) is 0 Å². The van der Waals surface area contributed by atoms with Gasteiger partial charge in [0.25, 0.3) is 0 Å². The molecule has 1 aromatic rings. The van der Waals surface area contributed by atoms with Crippen LogP contribution in [0.25, 0.3) is 0 Å². The number of ether oxygens (including phenoxy) is 1. The molecule has 2 rings (SSSR count). The molecule has 0 bridgehead atoms. The van der Waals surface area contributed by atoms with Gasteiger partial charge in [-0.1, -0.05) is 6.07 Å². The van der Waals surface area contributed by atoms with Crippen LogP contribution in [0.5, 0.6) is 5.75 Å². The summed E-state index contributed by atoms with van der Waals surface area (Å²) in [7, 11) is 1.66. The molecule has 1 N–H and O–H groups in total. The van der Waals surface area contributed by atoms with Crippen molar-refractivity contribution in [2.24, 2.45) is 5.92 Å².